The number of benzene rings is 1. The molecule has 106 valence electrons. The lowest BCUT2D eigenvalue weighted by atomic mass is 9.88. The fraction of sp³-hybridized carbons (Fsp3) is 0.588. The Kier molecular flexibility index (Phi) is 2.84. The molecule has 2 fully saturated rings. The number of anilines is 1. The second kappa shape index (κ2) is 4.59. The smallest absolute Gasteiger partial charge is 0.224 e. The van der Waals surface area contributed by atoms with Crippen LogP contribution in [0.15, 0.2) is 18.2 Å². The molecule has 2 aliphatic carbocycles. The van der Waals surface area contributed by atoms with E-state index in [0.29, 0.717) is 12.3 Å². The third-order valence-electron chi connectivity index (χ3n) is 5.43. The van der Waals surface area contributed by atoms with E-state index < -0.39 is 0 Å². The SMILES string of the molecule is NC(c1ccc2c(c1)CCCC(=O)N2)C1CC2CC2C1. The van der Waals surface area contributed by atoms with Gasteiger partial charge in [0.25, 0.3) is 0 Å². The summed E-state index contributed by atoms with van der Waals surface area (Å²) in [5.41, 5.74) is 9.99. The zero-order valence-corrected chi connectivity index (χ0v) is 11.8. The molecule has 3 nitrogen and oxygen atoms in total. The molecule has 0 bridgehead atoms. The molecule has 1 amide bonds. The van der Waals surface area contributed by atoms with Crippen LogP contribution >= 0.6 is 0 Å². The van der Waals surface area contributed by atoms with Crippen LogP contribution in [0.25, 0.3) is 0 Å². The van der Waals surface area contributed by atoms with Gasteiger partial charge in [0.15, 0.2) is 0 Å². The van der Waals surface area contributed by atoms with E-state index in [-0.39, 0.29) is 11.9 Å². The van der Waals surface area contributed by atoms with E-state index in [0.717, 1.165) is 30.4 Å². The van der Waals surface area contributed by atoms with Crippen molar-refractivity contribution in [3.05, 3.63) is 29.3 Å². The van der Waals surface area contributed by atoms with Crippen molar-refractivity contribution < 1.29 is 4.79 Å². The van der Waals surface area contributed by atoms with Gasteiger partial charge >= 0.3 is 0 Å². The molecular weight excluding hydrogens is 248 g/mol. The van der Waals surface area contributed by atoms with Crippen molar-refractivity contribution in [2.24, 2.45) is 23.5 Å². The van der Waals surface area contributed by atoms with Crippen molar-refractivity contribution in [1.29, 1.82) is 0 Å². The second-order valence-corrected chi connectivity index (χ2v) is 6.83. The lowest BCUT2D eigenvalue weighted by molar-refractivity contribution is -0.116. The van der Waals surface area contributed by atoms with E-state index in [2.05, 4.69) is 17.4 Å². The lowest BCUT2D eigenvalue weighted by Gasteiger charge is -2.22. The summed E-state index contributed by atoms with van der Waals surface area (Å²) >= 11 is 0. The fourth-order valence-electron chi connectivity index (χ4n) is 4.13. The van der Waals surface area contributed by atoms with E-state index in [9.17, 15) is 4.79 Å². The number of amides is 1. The van der Waals surface area contributed by atoms with Crippen LogP contribution in [0, 0.1) is 17.8 Å². The number of nitrogens with one attached hydrogen (secondary N) is 1. The highest BCUT2D eigenvalue weighted by Gasteiger charge is 2.47. The first-order valence-corrected chi connectivity index (χ1v) is 7.89. The predicted octanol–water partition coefficient (Wildman–Crippen LogP) is 3.01. The van der Waals surface area contributed by atoms with Crippen molar-refractivity contribution >= 4 is 11.6 Å². The molecule has 1 heterocycles. The first-order chi connectivity index (χ1) is 9.70. The Bertz CT molecular complexity index is 544. The summed E-state index contributed by atoms with van der Waals surface area (Å²) in [5, 5.41) is 2.99. The highest BCUT2D eigenvalue weighted by molar-refractivity contribution is 5.92. The Balaban J connectivity index is 1.56. The summed E-state index contributed by atoms with van der Waals surface area (Å²) in [7, 11) is 0. The van der Waals surface area contributed by atoms with Crippen LogP contribution in [-0.4, -0.2) is 5.91 Å². The minimum absolute atomic E-state index is 0.136. The summed E-state index contributed by atoms with van der Waals surface area (Å²) < 4.78 is 0. The minimum Gasteiger partial charge on any atom is -0.326 e. The summed E-state index contributed by atoms with van der Waals surface area (Å²) in [6, 6.07) is 6.56. The van der Waals surface area contributed by atoms with Gasteiger partial charge < -0.3 is 11.1 Å². The van der Waals surface area contributed by atoms with Crippen LogP contribution in [0.1, 0.15) is 49.3 Å². The van der Waals surface area contributed by atoms with Crippen LogP contribution in [0.5, 0.6) is 0 Å². The minimum atomic E-state index is 0.136. The molecule has 0 spiro atoms. The third-order valence-corrected chi connectivity index (χ3v) is 5.43. The van der Waals surface area contributed by atoms with Crippen LogP contribution in [0.4, 0.5) is 5.69 Å². The van der Waals surface area contributed by atoms with Crippen LogP contribution in [-0.2, 0) is 11.2 Å². The number of hydrogen-bond donors (Lipinski definition) is 2. The van der Waals surface area contributed by atoms with Gasteiger partial charge in [-0.2, -0.15) is 0 Å². The predicted molar refractivity (Wildman–Crippen MR) is 79.3 cm³/mol. The van der Waals surface area contributed by atoms with Crippen LogP contribution in [0.2, 0.25) is 0 Å². The zero-order valence-electron chi connectivity index (χ0n) is 11.8. The van der Waals surface area contributed by atoms with Crippen molar-refractivity contribution in [2.75, 3.05) is 5.32 Å². The Morgan fingerprint density at radius 3 is 2.75 bits per heavy atom. The van der Waals surface area contributed by atoms with Gasteiger partial charge in [0.05, 0.1) is 0 Å². The molecule has 2 saturated carbocycles. The highest BCUT2D eigenvalue weighted by Crippen LogP contribution is 2.56. The summed E-state index contributed by atoms with van der Waals surface area (Å²) in [4.78, 5) is 11.6. The summed E-state index contributed by atoms with van der Waals surface area (Å²) in [5.74, 6) is 2.76. The monoisotopic (exact) mass is 270 g/mol. The molecule has 3 atom stereocenters. The highest BCUT2D eigenvalue weighted by atomic mass is 16.1. The van der Waals surface area contributed by atoms with Crippen molar-refractivity contribution in [3.8, 4) is 0 Å². The normalized spacial score (nSPS) is 32.9. The number of carbonyl (C=O) groups is 1. The van der Waals surface area contributed by atoms with Crippen molar-refractivity contribution in [2.45, 2.75) is 44.6 Å². The molecule has 0 radical (unpaired) electrons. The van der Waals surface area contributed by atoms with E-state index >= 15 is 0 Å². The van der Waals surface area contributed by atoms with Gasteiger partial charge in [-0.1, -0.05) is 12.1 Å². The third kappa shape index (κ3) is 2.14. The number of carbonyl (C=O) groups excluding carboxylic acids is 1. The maximum Gasteiger partial charge on any atom is 0.224 e. The number of hydrogen-bond acceptors (Lipinski definition) is 2. The Morgan fingerprint density at radius 1 is 1.15 bits per heavy atom. The van der Waals surface area contributed by atoms with Gasteiger partial charge in [0.1, 0.15) is 0 Å². The summed E-state index contributed by atoms with van der Waals surface area (Å²) in [6.45, 7) is 0. The number of nitrogens with two attached hydrogens (primary N) is 1. The summed E-state index contributed by atoms with van der Waals surface area (Å²) in [6.07, 6.45) is 6.62. The van der Waals surface area contributed by atoms with E-state index in [1.165, 1.54) is 30.4 Å². The number of aryl methyl sites for hydroxylation is 1. The first-order valence-electron chi connectivity index (χ1n) is 7.89. The van der Waals surface area contributed by atoms with Gasteiger partial charge in [-0.15, -0.1) is 0 Å². The molecule has 3 aliphatic rings. The molecule has 1 aromatic rings. The maximum absolute atomic E-state index is 11.6. The molecule has 20 heavy (non-hydrogen) atoms. The van der Waals surface area contributed by atoms with Crippen LogP contribution in [0.3, 0.4) is 0 Å². The Labute approximate surface area is 119 Å². The number of fused-ring (bicyclic) bond motifs is 2. The van der Waals surface area contributed by atoms with E-state index in [1.54, 1.807) is 0 Å². The van der Waals surface area contributed by atoms with E-state index in [4.69, 9.17) is 5.73 Å². The van der Waals surface area contributed by atoms with Gasteiger partial charge in [-0.25, -0.2) is 0 Å². The van der Waals surface area contributed by atoms with E-state index in [1.807, 2.05) is 6.07 Å². The Hall–Kier alpha value is -1.35. The van der Waals surface area contributed by atoms with Gasteiger partial charge in [0.2, 0.25) is 5.91 Å². The quantitative estimate of drug-likeness (QED) is 0.868. The Morgan fingerprint density at radius 2 is 1.95 bits per heavy atom. The molecule has 4 rings (SSSR count). The molecule has 0 aromatic heterocycles. The van der Waals surface area contributed by atoms with Gasteiger partial charge in [0, 0.05) is 18.2 Å². The lowest BCUT2D eigenvalue weighted by Crippen LogP contribution is -2.20. The maximum atomic E-state index is 11.6. The average molecular weight is 270 g/mol. The molecular formula is C17H22N2O. The largest absolute Gasteiger partial charge is 0.326 e. The number of rotatable bonds is 2. The van der Waals surface area contributed by atoms with Gasteiger partial charge in [-0.3, -0.25) is 4.79 Å². The topological polar surface area (TPSA) is 55.1 Å². The first kappa shape index (κ1) is 12.4. The molecule has 1 aliphatic heterocycles. The van der Waals surface area contributed by atoms with Gasteiger partial charge in [-0.05, 0) is 67.1 Å². The molecule has 3 N–H and O–H groups in total. The molecule has 3 heteroatoms. The zero-order chi connectivity index (χ0) is 13.7. The average Bonchev–Trinajstić information content (AvgIpc) is 3.11. The van der Waals surface area contributed by atoms with Crippen molar-refractivity contribution in [3.63, 3.8) is 0 Å². The van der Waals surface area contributed by atoms with Crippen LogP contribution < -0.4 is 11.1 Å². The molecule has 3 unspecified atom stereocenters. The molecule has 1 aromatic carbocycles. The standard InChI is InChI=1S/C17H22N2O/c18-17(14-8-12-7-13(12)9-14)11-4-5-15-10(6-11)2-1-3-16(20)19-15/h4-6,12-14,17H,1-3,7-9,18H2,(H,19,20). The molecule has 0 saturated heterocycles. The van der Waals surface area contributed by atoms with Crippen molar-refractivity contribution in [1.82, 2.24) is 0 Å². The fourth-order valence-corrected chi connectivity index (χ4v) is 4.13. The second-order valence-electron chi connectivity index (χ2n) is 6.83.